The molecule has 1 heterocycles. The number of rotatable bonds is 7. The summed E-state index contributed by atoms with van der Waals surface area (Å²) in [6, 6.07) is 12.4. The lowest BCUT2D eigenvalue weighted by atomic mass is 9.94. The molecule has 164 valence electrons. The molecule has 1 atom stereocenters. The number of ketones is 1. The number of aliphatic hydroxyl groups is 1. The van der Waals surface area contributed by atoms with Gasteiger partial charge in [-0.3, -0.25) is 9.59 Å². The van der Waals surface area contributed by atoms with Crippen molar-refractivity contribution in [2.24, 2.45) is 0 Å². The monoisotopic (exact) mass is 422 g/mol. The van der Waals surface area contributed by atoms with E-state index in [1.165, 1.54) is 0 Å². The van der Waals surface area contributed by atoms with E-state index in [0.29, 0.717) is 25.1 Å². The number of hydrogen-bond acceptors (Lipinski definition) is 5. The Bertz CT molecular complexity index is 1010. The first-order valence-corrected chi connectivity index (χ1v) is 10.6. The molecule has 1 amide bonds. The molecule has 0 bridgehead atoms. The summed E-state index contributed by atoms with van der Waals surface area (Å²) in [6.07, 6.45) is 0.710. The summed E-state index contributed by atoms with van der Waals surface area (Å²) in [4.78, 5) is 29.3. The molecule has 1 N–H and O–H groups in total. The largest absolute Gasteiger partial charge is 0.507 e. The van der Waals surface area contributed by atoms with Gasteiger partial charge in [0.1, 0.15) is 11.5 Å². The summed E-state index contributed by atoms with van der Waals surface area (Å²) >= 11 is 0. The van der Waals surface area contributed by atoms with Crippen molar-refractivity contribution in [2.45, 2.75) is 33.2 Å². The highest BCUT2D eigenvalue weighted by molar-refractivity contribution is 6.46. The van der Waals surface area contributed by atoms with Gasteiger partial charge in [0.15, 0.2) is 0 Å². The fourth-order valence-corrected chi connectivity index (χ4v) is 3.92. The van der Waals surface area contributed by atoms with E-state index in [1.807, 2.05) is 64.0 Å². The molecular formula is C25H30N2O4. The summed E-state index contributed by atoms with van der Waals surface area (Å²) in [6.45, 7) is 6.72. The van der Waals surface area contributed by atoms with Crippen molar-refractivity contribution < 1.29 is 19.4 Å². The van der Waals surface area contributed by atoms with Crippen LogP contribution < -0.4 is 9.64 Å². The smallest absolute Gasteiger partial charge is 0.295 e. The number of likely N-dealkylation sites (tertiary alicyclic amines) is 1. The number of ether oxygens (including phenoxy) is 1. The Kier molecular flexibility index (Phi) is 6.68. The Morgan fingerprint density at radius 3 is 2.32 bits per heavy atom. The van der Waals surface area contributed by atoms with Gasteiger partial charge in [-0.15, -0.1) is 0 Å². The highest BCUT2D eigenvalue weighted by Gasteiger charge is 2.45. The standard InChI is InChI=1S/C25H30N2O4/c1-6-14-27-22(17-8-11-19(12-9-17)26(4)5)21(24(29)25(27)30)23(28)18-10-13-20(31-7-2)16(3)15-18/h8-13,15,22,28H,6-7,14H2,1-5H3/b23-21-. The lowest BCUT2D eigenvalue weighted by molar-refractivity contribution is -0.139. The number of amides is 1. The fraction of sp³-hybridized carbons (Fsp3) is 0.360. The highest BCUT2D eigenvalue weighted by Crippen LogP contribution is 2.40. The van der Waals surface area contributed by atoms with Crippen molar-refractivity contribution in [2.75, 3.05) is 32.1 Å². The average Bonchev–Trinajstić information content (AvgIpc) is 3.00. The van der Waals surface area contributed by atoms with Gasteiger partial charge in [0.2, 0.25) is 0 Å². The molecule has 0 spiro atoms. The van der Waals surface area contributed by atoms with Crippen molar-refractivity contribution in [1.29, 1.82) is 0 Å². The number of carbonyl (C=O) groups excluding carboxylic acids is 2. The zero-order valence-corrected chi connectivity index (χ0v) is 18.8. The van der Waals surface area contributed by atoms with Crippen LogP contribution in [0.2, 0.25) is 0 Å². The van der Waals surface area contributed by atoms with E-state index in [4.69, 9.17) is 4.74 Å². The van der Waals surface area contributed by atoms with Crippen LogP contribution in [0.3, 0.4) is 0 Å². The average molecular weight is 423 g/mol. The molecular weight excluding hydrogens is 392 g/mol. The predicted molar refractivity (Wildman–Crippen MR) is 122 cm³/mol. The van der Waals surface area contributed by atoms with Gasteiger partial charge in [-0.2, -0.15) is 0 Å². The number of carbonyl (C=O) groups is 2. The molecule has 2 aromatic carbocycles. The van der Waals surface area contributed by atoms with Crippen molar-refractivity contribution in [3.8, 4) is 5.75 Å². The van der Waals surface area contributed by atoms with Gasteiger partial charge < -0.3 is 19.6 Å². The Labute approximate surface area is 183 Å². The SMILES string of the molecule is CCCN1C(=O)C(=O)/C(=C(\O)c2ccc(OCC)c(C)c2)C1c1ccc(N(C)C)cc1. The summed E-state index contributed by atoms with van der Waals surface area (Å²) < 4.78 is 5.57. The van der Waals surface area contributed by atoms with Gasteiger partial charge in [-0.1, -0.05) is 19.1 Å². The zero-order chi connectivity index (χ0) is 22.7. The molecule has 1 fully saturated rings. The number of hydrogen-bond donors (Lipinski definition) is 1. The molecule has 1 unspecified atom stereocenters. The van der Waals surface area contributed by atoms with Crippen molar-refractivity contribution in [3.05, 3.63) is 64.7 Å². The number of anilines is 1. The molecule has 31 heavy (non-hydrogen) atoms. The molecule has 1 aliphatic rings. The van der Waals surface area contributed by atoms with Crippen molar-refractivity contribution >= 4 is 23.1 Å². The van der Waals surface area contributed by atoms with Gasteiger partial charge in [0.25, 0.3) is 11.7 Å². The predicted octanol–water partition coefficient (Wildman–Crippen LogP) is 4.29. The quantitative estimate of drug-likeness (QED) is 0.409. The molecule has 0 saturated carbocycles. The highest BCUT2D eigenvalue weighted by atomic mass is 16.5. The molecule has 0 aromatic heterocycles. The van der Waals surface area contributed by atoms with Crippen LogP contribution in [0, 0.1) is 6.92 Å². The Morgan fingerprint density at radius 1 is 1.10 bits per heavy atom. The maximum atomic E-state index is 13.0. The first-order chi connectivity index (χ1) is 14.8. The van der Waals surface area contributed by atoms with E-state index in [2.05, 4.69) is 0 Å². The number of benzene rings is 2. The molecule has 6 nitrogen and oxygen atoms in total. The van der Waals surface area contributed by atoms with E-state index in [9.17, 15) is 14.7 Å². The minimum atomic E-state index is -0.654. The van der Waals surface area contributed by atoms with Crippen LogP contribution in [0.5, 0.6) is 5.75 Å². The third kappa shape index (κ3) is 4.29. The van der Waals surface area contributed by atoms with Crippen LogP contribution in [0.25, 0.3) is 5.76 Å². The third-order valence-electron chi connectivity index (χ3n) is 5.48. The number of nitrogens with zero attached hydrogens (tertiary/aromatic N) is 2. The molecule has 2 aromatic rings. The molecule has 3 rings (SSSR count). The van der Waals surface area contributed by atoms with Gasteiger partial charge in [-0.25, -0.2) is 0 Å². The molecule has 1 aliphatic heterocycles. The van der Waals surface area contributed by atoms with E-state index >= 15 is 0 Å². The number of aryl methyl sites for hydroxylation is 1. The van der Waals surface area contributed by atoms with Crippen LogP contribution in [-0.2, 0) is 9.59 Å². The number of aliphatic hydroxyl groups excluding tert-OH is 1. The summed E-state index contributed by atoms with van der Waals surface area (Å²) in [7, 11) is 3.90. The minimum Gasteiger partial charge on any atom is -0.507 e. The zero-order valence-electron chi connectivity index (χ0n) is 18.8. The van der Waals surface area contributed by atoms with Crippen LogP contribution in [0.1, 0.15) is 43.0 Å². The fourth-order valence-electron chi connectivity index (χ4n) is 3.92. The van der Waals surface area contributed by atoms with Crippen molar-refractivity contribution in [3.63, 3.8) is 0 Å². The maximum Gasteiger partial charge on any atom is 0.295 e. The molecule has 6 heteroatoms. The Morgan fingerprint density at radius 2 is 1.77 bits per heavy atom. The molecule has 1 saturated heterocycles. The normalized spacial score (nSPS) is 17.8. The van der Waals surface area contributed by atoms with Crippen LogP contribution in [-0.4, -0.2) is 48.9 Å². The maximum absolute atomic E-state index is 13.0. The van der Waals surface area contributed by atoms with Gasteiger partial charge >= 0.3 is 0 Å². The minimum absolute atomic E-state index is 0.125. The second-order valence-corrected chi connectivity index (χ2v) is 7.89. The Hall–Kier alpha value is -3.28. The Balaban J connectivity index is 2.13. The first-order valence-electron chi connectivity index (χ1n) is 10.6. The summed E-state index contributed by atoms with van der Waals surface area (Å²) in [5.74, 6) is -0.669. The van der Waals surface area contributed by atoms with Crippen molar-refractivity contribution in [1.82, 2.24) is 4.90 Å². The third-order valence-corrected chi connectivity index (χ3v) is 5.48. The first kappa shape index (κ1) is 22.4. The number of Topliss-reactive ketones (excluding diaryl/α,β-unsaturated/α-hetero) is 1. The van der Waals surface area contributed by atoms with Gasteiger partial charge in [-0.05, 0) is 61.7 Å². The van der Waals surface area contributed by atoms with Crippen LogP contribution in [0.4, 0.5) is 5.69 Å². The lowest BCUT2D eigenvalue weighted by Crippen LogP contribution is -2.30. The van der Waals surface area contributed by atoms with E-state index in [-0.39, 0.29) is 11.3 Å². The second-order valence-electron chi connectivity index (χ2n) is 7.89. The second kappa shape index (κ2) is 9.25. The van der Waals surface area contributed by atoms with Gasteiger partial charge in [0, 0.05) is 31.9 Å². The van der Waals surface area contributed by atoms with Crippen LogP contribution >= 0.6 is 0 Å². The van der Waals surface area contributed by atoms with E-state index in [1.54, 1.807) is 23.1 Å². The van der Waals surface area contributed by atoms with Crippen LogP contribution in [0.15, 0.2) is 48.0 Å². The van der Waals surface area contributed by atoms with Gasteiger partial charge in [0.05, 0.1) is 18.2 Å². The topological polar surface area (TPSA) is 70.1 Å². The van der Waals surface area contributed by atoms with E-state index < -0.39 is 17.7 Å². The lowest BCUT2D eigenvalue weighted by Gasteiger charge is -2.25. The summed E-state index contributed by atoms with van der Waals surface area (Å²) in [5, 5.41) is 11.1. The molecule has 0 radical (unpaired) electrons. The summed E-state index contributed by atoms with van der Waals surface area (Å²) in [5.41, 5.74) is 3.27. The molecule has 0 aliphatic carbocycles. The van der Waals surface area contributed by atoms with E-state index in [0.717, 1.165) is 22.6 Å².